The van der Waals surface area contributed by atoms with E-state index in [1.165, 1.54) is 32.1 Å². The van der Waals surface area contributed by atoms with E-state index in [1.54, 1.807) is 0 Å². The van der Waals surface area contributed by atoms with E-state index in [0.717, 1.165) is 12.0 Å². The molecule has 2 nitrogen and oxygen atoms in total. The highest BCUT2D eigenvalue weighted by molar-refractivity contribution is 5.00. The number of nitrogens with one attached hydrogen (secondary N) is 2. The van der Waals surface area contributed by atoms with Crippen LogP contribution < -0.4 is 10.6 Å². The summed E-state index contributed by atoms with van der Waals surface area (Å²) in [5.41, 5.74) is 0.535. The molecule has 1 heterocycles. The lowest BCUT2D eigenvalue weighted by Gasteiger charge is -2.47. The Kier molecular flexibility index (Phi) is 3.57. The third-order valence-corrected chi connectivity index (χ3v) is 4.36. The maximum absolute atomic E-state index is 3.92. The van der Waals surface area contributed by atoms with E-state index in [4.69, 9.17) is 0 Å². The second-order valence-corrected chi connectivity index (χ2v) is 7.78. The maximum Gasteiger partial charge on any atom is 0.0144 e. The Balaban J connectivity index is 1.92. The minimum absolute atomic E-state index is 0.267. The van der Waals surface area contributed by atoms with Gasteiger partial charge in [0, 0.05) is 23.2 Å². The summed E-state index contributed by atoms with van der Waals surface area (Å²) < 4.78 is 0. The lowest BCUT2D eigenvalue weighted by atomic mass is 9.79. The van der Waals surface area contributed by atoms with Gasteiger partial charge in [-0.15, -0.1) is 0 Å². The van der Waals surface area contributed by atoms with Gasteiger partial charge in [0.15, 0.2) is 0 Å². The molecule has 0 spiro atoms. The maximum atomic E-state index is 3.92. The van der Waals surface area contributed by atoms with Gasteiger partial charge in [-0.25, -0.2) is 0 Å². The Bertz CT molecular complexity index is 254. The predicted molar refractivity (Wildman–Crippen MR) is 74.3 cm³/mol. The molecule has 1 aliphatic heterocycles. The van der Waals surface area contributed by atoms with Crippen LogP contribution in [0, 0.1) is 5.92 Å². The minimum atomic E-state index is 0.267. The van der Waals surface area contributed by atoms with Crippen molar-refractivity contribution in [1.82, 2.24) is 10.6 Å². The van der Waals surface area contributed by atoms with E-state index in [2.05, 4.69) is 45.3 Å². The van der Waals surface area contributed by atoms with Gasteiger partial charge in [-0.2, -0.15) is 0 Å². The van der Waals surface area contributed by atoms with Gasteiger partial charge < -0.3 is 10.6 Å². The number of piperidine rings is 1. The van der Waals surface area contributed by atoms with Crippen molar-refractivity contribution in [3.63, 3.8) is 0 Å². The average Bonchev–Trinajstić information content (AvgIpc) is 2.44. The fraction of sp³-hybridized carbons (Fsp3) is 1.00. The zero-order valence-electron chi connectivity index (χ0n) is 12.3. The molecule has 2 atom stereocenters. The van der Waals surface area contributed by atoms with Crippen LogP contribution in [-0.4, -0.2) is 23.2 Å². The molecule has 2 aliphatic rings. The minimum Gasteiger partial charge on any atom is -0.311 e. The molecule has 2 fully saturated rings. The molecule has 0 aromatic heterocycles. The molecule has 0 aromatic carbocycles. The molecule has 0 aromatic rings. The van der Waals surface area contributed by atoms with Crippen molar-refractivity contribution in [1.29, 1.82) is 0 Å². The number of hydrogen-bond donors (Lipinski definition) is 2. The quantitative estimate of drug-likeness (QED) is 0.772. The van der Waals surface area contributed by atoms with Gasteiger partial charge >= 0.3 is 0 Å². The normalized spacial score (nSPS) is 37.2. The van der Waals surface area contributed by atoms with Gasteiger partial charge in [0.2, 0.25) is 0 Å². The van der Waals surface area contributed by atoms with Crippen molar-refractivity contribution in [3.05, 3.63) is 0 Å². The van der Waals surface area contributed by atoms with Gasteiger partial charge in [0.05, 0.1) is 0 Å². The predicted octanol–water partition coefficient (Wildman–Crippen LogP) is 3.07. The summed E-state index contributed by atoms with van der Waals surface area (Å²) in [5, 5.41) is 7.68. The largest absolute Gasteiger partial charge is 0.311 e. The van der Waals surface area contributed by atoms with Gasteiger partial charge in [0.25, 0.3) is 0 Å². The van der Waals surface area contributed by atoms with Crippen LogP contribution in [0.4, 0.5) is 0 Å². The van der Waals surface area contributed by atoms with E-state index in [0.29, 0.717) is 6.04 Å². The van der Waals surface area contributed by atoms with E-state index >= 15 is 0 Å². The molecular formula is C15H30N2. The summed E-state index contributed by atoms with van der Waals surface area (Å²) in [7, 11) is 0. The van der Waals surface area contributed by atoms with Gasteiger partial charge in [-0.3, -0.25) is 0 Å². The highest BCUT2D eigenvalue weighted by atomic mass is 15.1. The first kappa shape index (κ1) is 13.4. The van der Waals surface area contributed by atoms with Gasteiger partial charge in [-0.1, -0.05) is 6.92 Å². The van der Waals surface area contributed by atoms with E-state index in [-0.39, 0.29) is 11.1 Å². The summed E-state index contributed by atoms with van der Waals surface area (Å²) in [6.45, 7) is 11.7. The Morgan fingerprint density at radius 3 is 2.00 bits per heavy atom. The zero-order chi connectivity index (χ0) is 12.7. The van der Waals surface area contributed by atoms with Crippen molar-refractivity contribution in [2.24, 2.45) is 5.92 Å². The molecule has 1 saturated carbocycles. The monoisotopic (exact) mass is 238 g/mol. The summed E-state index contributed by atoms with van der Waals surface area (Å²) >= 11 is 0. The first-order valence-corrected chi connectivity index (χ1v) is 7.31. The molecule has 2 heteroatoms. The first-order valence-electron chi connectivity index (χ1n) is 7.31. The van der Waals surface area contributed by atoms with Crippen molar-refractivity contribution >= 4 is 0 Å². The molecule has 1 aliphatic carbocycles. The summed E-state index contributed by atoms with van der Waals surface area (Å²) in [4.78, 5) is 0. The van der Waals surface area contributed by atoms with E-state index in [1.807, 2.05) is 0 Å². The third kappa shape index (κ3) is 3.69. The molecule has 2 N–H and O–H groups in total. The smallest absolute Gasteiger partial charge is 0.0144 e. The van der Waals surface area contributed by atoms with Gasteiger partial charge in [0.1, 0.15) is 0 Å². The van der Waals surface area contributed by atoms with Crippen LogP contribution in [0.1, 0.15) is 66.7 Å². The lowest BCUT2D eigenvalue weighted by Crippen LogP contribution is -2.62. The van der Waals surface area contributed by atoms with E-state index in [9.17, 15) is 0 Å². The lowest BCUT2D eigenvalue weighted by molar-refractivity contribution is 0.139. The summed E-state index contributed by atoms with van der Waals surface area (Å²) in [5.74, 6) is 0.926. The molecule has 0 bridgehead atoms. The van der Waals surface area contributed by atoms with Crippen molar-refractivity contribution in [2.45, 2.75) is 89.9 Å². The standard InChI is InChI=1S/C15H30N2/c1-11-6-7-12(8-11)16-13-9-14(2,3)17-15(4,5)10-13/h11-13,16-17H,6-10H2,1-5H3. The Morgan fingerprint density at radius 1 is 0.941 bits per heavy atom. The van der Waals surface area contributed by atoms with Crippen molar-refractivity contribution in [2.75, 3.05) is 0 Å². The van der Waals surface area contributed by atoms with E-state index < -0.39 is 0 Å². The number of rotatable bonds is 2. The Morgan fingerprint density at radius 2 is 1.53 bits per heavy atom. The molecule has 2 rings (SSSR count). The molecule has 100 valence electrons. The number of hydrogen-bond acceptors (Lipinski definition) is 2. The van der Waals surface area contributed by atoms with Crippen LogP contribution in [0.15, 0.2) is 0 Å². The molecule has 0 amide bonds. The topological polar surface area (TPSA) is 24.1 Å². The summed E-state index contributed by atoms with van der Waals surface area (Å²) in [6.07, 6.45) is 6.68. The Labute approximate surface area is 107 Å². The SMILES string of the molecule is CC1CCC(NC2CC(C)(C)NC(C)(C)C2)C1. The molecular weight excluding hydrogens is 208 g/mol. The van der Waals surface area contributed by atoms with Crippen molar-refractivity contribution in [3.8, 4) is 0 Å². The van der Waals surface area contributed by atoms with Crippen LogP contribution in [0.25, 0.3) is 0 Å². The van der Waals surface area contributed by atoms with Crippen LogP contribution >= 0.6 is 0 Å². The Hall–Kier alpha value is -0.0800. The average molecular weight is 238 g/mol. The zero-order valence-corrected chi connectivity index (χ0v) is 12.3. The van der Waals surface area contributed by atoms with Crippen LogP contribution in [0.2, 0.25) is 0 Å². The molecule has 0 radical (unpaired) electrons. The highest BCUT2D eigenvalue weighted by Gasteiger charge is 2.38. The molecule has 1 saturated heterocycles. The second-order valence-electron chi connectivity index (χ2n) is 7.78. The molecule has 17 heavy (non-hydrogen) atoms. The fourth-order valence-electron chi connectivity index (χ4n) is 4.13. The third-order valence-electron chi connectivity index (χ3n) is 4.36. The molecule has 2 unspecified atom stereocenters. The highest BCUT2D eigenvalue weighted by Crippen LogP contribution is 2.31. The first-order chi connectivity index (χ1) is 7.76. The van der Waals surface area contributed by atoms with Crippen LogP contribution in [-0.2, 0) is 0 Å². The fourth-order valence-corrected chi connectivity index (χ4v) is 4.13. The second kappa shape index (κ2) is 4.55. The van der Waals surface area contributed by atoms with Crippen LogP contribution in [0.5, 0.6) is 0 Å². The summed E-state index contributed by atoms with van der Waals surface area (Å²) in [6, 6.07) is 1.47. The van der Waals surface area contributed by atoms with Crippen LogP contribution in [0.3, 0.4) is 0 Å². The van der Waals surface area contributed by atoms with Gasteiger partial charge in [-0.05, 0) is 65.7 Å². The van der Waals surface area contributed by atoms with Crippen molar-refractivity contribution < 1.29 is 0 Å².